The van der Waals surface area contributed by atoms with Crippen LogP contribution in [0.25, 0.3) is 11.1 Å². The number of carboxylic acids is 1. The number of phenols is 2. The molecule has 2 amide bonds. The molecule has 41 heavy (non-hydrogen) atoms. The second-order valence-electron chi connectivity index (χ2n) is 10.4. The van der Waals surface area contributed by atoms with E-state index < -0.39 is 42.0 Å². The number of carbonyl (C=O) groups excluding carboxylic acids is 2. The van der Waals surface area contributed by atoms with Gasteiger partial charge in [0.2, 0.25) is 11.8 Å². The SMILES string of the molecule is CC(C)CN[C@H]1Cc2cc(ccc2O)-c2ccc(O)c(c2)C[C@@H](C(=O)O)N(C)C(=O)[C@H](C[C@@H](O)CN)NC1=O.Cl.Cl. The molecule has 1 heterocycles. The van der Waals surface area contributed by atoms with E-state index >= 15 is 0 Å². The highest BCUT2D eigenvalue weighted by atomic mass is 35.5. The van der Waals surface area contributed by atoms with Crippen molar-refractivity contribution in [2.45, 2.75) is 57.3 Å². The summed E-state index contributed by atoms with van der Waals surface area (Å²) in [6, 6.07) is 6.23. The molecular weight excluding hydrogens is 575 g/mol. The van der Waals surface area contributed by atoms with Crippen molar-refractivity contribution in [3.05, 3.63) is 47.5 Å². The molecule has 1 aliphatic heterocycles. The van der Waals surface area contributed by atoms with Gasteiger partial charge in [-0.1, -0.05) is 26.0 Å². The van der Waals surface area contributed by atoms with Crippen LogP contribution in [0.1, 0.15) is 31.4 Å². The van der Waals surface area contributed by atoms with Crippen LogP contribution in [0, 0.1) is 5.92 Å². The molecule has 0 aliphatic carbocycles. The summed E-state index contributed by atoms with van der Waals surface area (Å²) in [6.07, 6.45) is -1.46. The minimum absolute atomic E-state index is 0. The number of benzene rings is 2. The lowest BCUT2D eigenvalue weighted by atomic mass is 9.95. The van der Waals surface area contributed by atoms with Gasteiger partial charge in [-0.2, -0.15) is 0 Å². The minimum atomic E-state index is -1.37. The molecule has 1 aliphatic rings. The minimum Gasteiger partial charge on any atom is -0.508 e. The van der Waals surface area contributed by atoms with Crippen LogP contribution < -0.4 is 16.4 Å². The number of aliphatic hydroxyl groups is 1. The van der Waals surface area contributed by atoms with Gasteiger partial charge in [0.25, 0.3) is 0 Å². The molecule has 3 rings (SSSR count). The van der Waals surface area contributed by atoms with Gasteiger partial charge in [-0.15, -0.1) is 24.8 Å². The number of aromatic hydroxyl groups is 2. The molecule has 11 nitrogen and oxygen atoms in total. The van der Waals surface area contributed by atoms with Crippen LogP contribution in [0.5, 0.6) is 11.5 Å². The van der Waals surface area contributed by atoms with Gasteiger partial charge in [-0.05, 0) is 59.0 Å². The van der Waals surface area contributed by atoms with Gasteiger partial charge in [0, 0.05) is 32.9 Å². The molecule has 8 N–H and O–H groups in total. The zero-order valence-corrected chi connectivity index (χ0v) is 24.9. The fourth-order valence-corrected chi connectivity index (χ4v) is 4.57. The monoisotopic (exact) mass is 614 g/mol. The average molecular weight is 616 g/mol. The van der Waals surface area contributed by atoms with Crippen LogP contribution in [-0.4, -0.2) is 87.5 Å². The number of phenolic OH excluding ortho intramolecular Hbond substituents is 2. The van der Waals surface area contributed by atoms with Crippen LogP contribution in [0.2, 0.25) is 0 Å². The number of hydrogen-bond donors (Lipinski definition) is 7. The Bertz CT molecular complexity index is 1210. The molecule has 0 fully saturated rings. The Morgan fingerprint density at radius 2 is 1.59 bits per heavy atom. The van der Waals surface area contributed by atoms with Crippen molar-refractivity contribution in [3.63, 3.8) is 0 Å². The lowest BCUT2D eigenvalue weighted by molar-refractivity contribution is -0.150. The van der Waals surface area contributed by atoms with Crippen LogP contribution >= 0.6 is 24.8 Å². The molecule has 0 radical (unpaired) electrons. The second-order valence-corrected chi connectivity index (χ2v) is 10.4. The quantitative estimate of drug-likeness (QED) is 0.242. The van der Waals surface area contributed by atoms with Crippen molar-refractivity contribution in [1.29, 1.82) is 0 Å². The number of fused-ring (bicyclic) bond motifs is 5. The number of aliphatic hydroxyl groups excluding tert-OH is 1. The molecule has 0 saturated heterocycles. The maximum Gasteiger partial charge on any atom is 0.326 e. The molecule has 0 spiro atoms. The summed E-state index contributed by atoms with van der Waals surface area (Å²) >= 11 is 0. The normalized spacial score (nSPS) is 20.1. The van der Waals surface area contributed by atoms with E-state index in [1.54, 1.807) is 24.3 Å². The summed E-state index contributed by atoms with van der Waals surface area (Å²) in [5.74, 6) is -2.51. The van der Waals surface area contributed by atoms with Gasteiger partial charge in [-0.3, -0.25) is 9.59 Å². The molecule has 2 aromatic rings. The zero-order valence-electron chi connectivity index (χ0n) is 23.2. The van der Waals surface area contributed by atoms with E-state index in [4.69, 9.17) is 5.73 Å². The number of carbonyl (C=O) groups is 3. The maximum absolute atomic E-state index is 13.6. The lowest BCUT2D eigenvalue weighted by Gasteiger charge is -2.31. The number of halogens is 2. The summed E-state index contributed by atoms with van der Waals surface area (Å²) in [5, 5.41) is 47.3. The topological polar surface area (TPSA) is 185 Å². The number of nitrogens with zero attached hydrogens (tertiary/aromatic N) is 1. The smallest absolute Gasteiger partial charge is 0.326 e. The molecule has 0 aromatic heterocycles. The standard InChI is InChI=1S/C28H38N4O7.2ClH/c1-15(2)14-30-21-10-18-8-16(4-6-24(18)34)17-5-7-25(35)19(9-17)11-23(28(38)39)32(3)27(37)22(31-26(21)36)12-20(33)13-29;;/h4-9,15,20-23,30,33-35H,10-14,29H2,1-3H3,(H,31,36)(H,38,39);2*1H/t20-,21+,22+,23+;;/m1../s1. The average Bonchev–Trinajstić information content (AvgIpc) is 2.89. The molecular formula is C28H40Cl2N4O7. The van der Waals surface area contributed by atoms with Gasteiger partial charge < -0.3 is 41.7 Å². The lowest BCUT2D eigenvalue weighted by Crippen LogP contribution is -2.57. The third-order valence-electron chi connectivity index (χ3n) is 6.91. The largest absolute Gasteiger partial charge is 0.508 e. The summed E-state index contributed by atoms with van der Waals surface area (Å²) < 4.78 is 0. The fraction of sp³-hybridized carbons (Fsp3) is 0.464. The first-order valence-electron chi connectivity index (χ1n) is 13.0. The Kier molecular flexibility index (Phi) is 13.8. The van der Waals surface area contributed by atoms with E-state index in [2.05, 4.69) is 10.6 Å². The van der Waals surface area contributed by atoms with Gasteiger partial charge in [0.15, 0.2) is 0 Å². The van der Waals surface area contributed by atoms with Crippen molar-refractivity contribution in [2.75, 3.05) is 20.1 Å². The van der Waals surface area contributed by atoms with Gasteiger partial charge >= 0.3 is 5.97 Å². The number of nitrogens with two attached hydrogens (primary N) is 1. The highest BCUT2D eigenvalue weighted by Crippen LogP contribution is 2.31. The van der Waals surface area contributed by atoms with Crippen molar-refractivity contribution < 1.29 is 34.8 Å². The first-order chi connectivity index (χ1) is 18.4. The number of amides is 2. The number of likely N-dealkylation sites (N-methyl/N-ethyl adjacent to an activating group) is 1. The third kappa shape index (κ3) is 9.20. The molecule has 4 bridgehead atoms. The van der Waals surface area contributed by atoms with E-state index in [-0.39, 0.29) is 68.0 Å². The van der Waals surface area contributed by atoms with Crippen LogP contribution in [0.15, 0.2) is 36.4 Å². The maximum atomic E-state index is 13.6. The first-order valence-corrected chi connectivity index (χ1v) is 13.0. The summed E-state index contributed by atoms with van der Waals surface area (Å²) in [6.45, 7) is 4.26. The Balaban J connectivity index is 0.00000420. The number of aliphatic carboxylic acids is 1. The Morgan fingerprint density at radius 1 is 1.05 bits per heavy atom. The first kappa shape index (κ1) is 35.9. The van der Waals surface area contributed by atoms with Crippen molar-refractivity contribution in [3.8, 4) is 22.6 Å². The van der Waals surface area contributed by atoms with Crippen LogP contribution in [0.3, 0.4) is 0 Å². The van der Waals surface area contributed by atoms with Crippen molar-refractivity contribution in [1.82, 2.24) is 15.5 Å². The van der Waals surface area contributed by atoms with Gasteiger partial charge in [-0.25, -0.2) is 4.79 Å². The van der Waals surface area contributed by atoms with E-state index in [1.165, 1.54) is 19.2 Å². The summed E-state index contributed by atoms with van der Waals surface area (Å²) in [4.78, 5) is 40.4. The molecule has 0 saturated carbocycles. The summed E-state index contributed by atoms with van der Waals surface area (Å²) in [7, 11) is 1.31. The Morgan fingerprint density at radius 3 is 2.07 bits per heavy atom. The van der Waals surface area contributed by atoms with E-state index in [9.17, 15) is 34.8 Å². The van der Waals surface area contributed by atoms with Crippen molar-refractivity contribution >= 4 is 42.6 Å². The number of hydrogen-bond acceptors (Lipinski definition) is 8. The van der Waals surface area contributed by atoms with E-state index in [0.29, 0.717) is 28.8 Å². The predicted octanol–water partition coefficient (Wildman–Crippen LogP) is 1.43. The molecule has 13 heteroatoms. The second kappa shape index (κ2) is 15.8. The fourth-order valence-electron chi connectivity index (χ4n) is 4.57. The highest BCUT2D eigenvalue weighted by Gasteiger charge is 2.35. The number of carboxylic acid groups (broad SMARTS) is 1. The summed E-state index contributed by atoms with van der Waals surface area (Å²) in [5.41, 5.74) is 7.72. The number of rotatable bonds is 7. The predicted molar refractivity (Wildman–Crippen MR) is 160 cm³/mol. The van der Waals surface area contributed by atoms with Crippen LogP contribution in [-0.2, 0) is 27.2 Å². The Labute approximate surface area is 251 Å². The van der Waals surface area contributed by atoms with Crippen LogP contribution in [0.4, 0.5) is 0 Å². The highest BCUT2D eigenvalue weighted by molar-refractivity contribution is 5.92. The zero-order chi connectivity index (χ0) is 28.9. The van der Waals surface area contributed by atoms with E-state index in [1.807, 2.05) is 13.8 Å². The van der Waals surface area contributed by atoms with Crippen molar-refractivity contribution in [2.24, 2.45) is 11.7 Å². The van der Waals surface area contributed by atoms with Gasteiger partial charge in [0.05, 0.1) is 12.1 Å². The molecule has 228 valence electrons. The molecule has 2 aromatic carbocycles. The Hall–Kier alpha value is -3.09. The molecule has 0 unspecified atom stereocenters. The number of nitrogens with one attached hydrogen (secondary N) is 2. The van der Waals surface area contributed by atoms with E-state index in [0.717, 1.165) is 4.90 Å². The molecule has 4 atom stereocenters. The third-order valence-corrected chi connectivity index (χ3v) is 6.91. The van der Waals surface area contributed by atoms with Gasteiger partial charge in [0.1, 0.15) is 23.6 Å².